The van der Waals surface area contributed by atoms with E-state index in [1.54, 1.807) is 6.07 Å². The molecule has 0 aliphatic heterocycles. The van der Waals surface area contributed by atoms with Crippen LogP contribution in [-0.4, -0.2) is 15.0 Å². The Morgan fingerprint density at radius 3 is 2.72 bits per heavy atom. The van der Waals surface area contributed by atoms with Crippen molar-refractivity contribution in [3.8, 4) is 6.07 Å². The third kappa shape index (κ3) is 3.79. The molecule has 0 saturated carbocycles. The molecule has 0 spiro atoms. The highest BCUT2D eigenvalue weighted by Crippen LogP contribution is 2.14. The standard InChI is InChI=1S/C12H15FN2O2S/c1-2-3-4-7-15-18(16,17)11-5-6-12(13)10(8-11)9-14/h5-6,8,15H,2-4,7H2,1H3. The number of hydrogen-bond acceptors (Lipinski definition) is 3. The van der Waals surface area contributed by atoms with E-state index in [2.05, 4.69) is 4.72 Å². The molecule has 0 bridgehead atoms. The third-order valence-electron chi connectivity index (χ3n) is 2.44. The van der Waals surface area contributed by atoms with E-state index >= 15 is 0 Å². The van der Waals surface area contributed by atoms with Gasteiger partial charge in [0.05, 0.1) is 10.5 Å². The van der Waals surface area contributed by atoms with Crippen LogP contribution >= 0.6 is 0 Å². The van der Waals surface area contributed by atoms with Gasteiger partial charge in [-0.15, -0.1) is 0 Å². The summed E-state index contributed by atoms with van der Waals surface area (Å²) in [4.78, 5) is -0.0862. The zero-order valence-corrected chi connectivity index (χ0v) is 10.9. The Labute approximate surface area is 106 Å². The van der Waals surface area contributed by atoms with Crippen molar-refractivity contribution in [3.05, 3.63) is 29.6 Å². The zero-order valence-electron chi connectivity index (χ0n) is 10.1. The second-order valence-electron chi connectivity index (χ2n) is 3.86. The van der Waals surface area contributed by atoms with E-state index in [1.807, 2.05) is 6.92 Å². The Morgan fingerprint density at radius 1 is 1.39 bits per heavy atom. The molecule has 4 nitrogen and oxygen atoms in total. The number of benzene rings is 1. The van der Waals surface area contributed by atoms with Crippen molar-refractivity contribution in [1.29, 1.82) is 5.26 Å². The van der Waals surface area contributed by atoms with Crippen LogP contribution in [0.25, 0.3) is 0 Å². The molecule has 0 heterocycles. The predicted octanol–water partition coefficient (Wildman–Crippen LogP) is 2.17. The van der Waals surface area contributed by atoms with E-state index in [9.17, 15) is 12.8 Å². The molecule has 1 N–H and O–H groups in total. The molecule has 0 radical (unpaired) electrons. The minimum absolute atomic E-state index is 0.0862. The summed E-state index contributed by atoms with van der Waals surface area (Å²) in [5, 5.41) is 8.65. The van der Waals surface area contributed by atoms with Gasteiger partial charge in [0.15, 0.2) is 0 Å². The molecule has 0 unspecified atom stereocenters. The van der Waals surface area contributed by atoms with Gasteiger partial charge in [-0.25, -0.2) is 17.5 Å². The number of unbranched alkanes of at least 4 members (excludes halogenated alkanes) is 2. The molecule has 1 aromatic rings. The fourth-order valence-electron chi connectivity index (χ4n) is 1.42. The Kier molecular flexibility index (Phi) is 5.25. The smallest absolute Gasteiger partial charge is 0.211 e. The molecular weight excluding hydrogens is 255 g/mol. The summed E-state index contributed by atoms with van der Waals surface area (Å²) in [6.45, 7) is 2.36. The molecule has 1 rings (SSSR count). The first kappa shape index (κ1) is 14.6. The molecule has 6 heteroatoms. The van der Waals surface area contributed by atoms with Gasteiger partial charge in [0.25, 0.3) is 0 Å². The molecule has 0 amide bonds. The first-order valence-electron chi connectivity index (χ1n) is 5.70. The van der Waals surface area contributed by atoms with E-state index in [1.165, 1.54) is 0 Å². The molecule has 0 aliphatic carbocycles. The Hall–Kier alpha value is -1.45. The lowest BCUT2D eigenvalue weighted by molar-refractivity contribution is 0.575. The molecule has 0 aromatic heterocycles. The molecule has 18 heavy (non-hydrogen) atoms. The number of sulfonamides is 1. The number of rotatable bonds is 6. The minimum Gasteiger partial charge on any atom is -0.211 e. The van der Waals surface area contributed by atoms with Crippen LogP contribution in [0.3, 0.4) is 0 Å². The topological polar surface area (TPSA) is 70.0 Å². The maximum absolute atomic E-state index is 13.1. The fraction of sp³-hybridized carbons (Fsp3) is 0.417. The molecular formula is C12H15FN2O2S. The van der Waals surface area contributed by atoms with Gasteiger partial charge in [0, 0.05) is 6.54 Å². The lowest BCUT2D eigenvalue weighted by Crippen LogP contribution is -2.24. The summed E-state index contributed by atoms with van der Waals surface area (Å²) >= 11 is 0. The normalized spacial score (nSPS) is 11.2. The van der Waals surface area contributed by atoms with Crippen LogP contribution in [0.15, 0.2) is 23.1 Å². The highest BCUT2D eigenvalue weighted by molar-refractivity contribution is 7.89. The highest BCUT2D eigenvalue weighted by Gasteiger charge is 2.15. The predicted molar refractivity (Wildman–Crippen MR) is 65.8 cm³/mol. The lowest BCUT2D eigenvalue weighted by Gasteiger charge is -2.06. The number of hydrogen-bond donors (Lipinski definition) is 1. The van der Waals surface area contributed by atoms with E-state index in [4.69, 9.17) is 5.26 Å². The van der Waals surface area contributed by atoms with Gasteiger partial charge in [-0.3, -0.25) is 0 Å². The second kappa shape index (κ2) is 6.47. The van der Waals surface area contributed by atoms with Crippen LogP contribution in [0, 0.1) is 17.1 Å². The van der Waals surface area contributed by atoms with Gasteiger partial charge < -0.3 is 0 Å². The van der Waals surface area contributed by atoms with Crippen molar-refractivity contribution in [3.63, 3.8) is 0 Å². The molecule has 1 aromatic carbocycles. The van der Waals surface area contributed by atoms with Crippen LogP contribution < -0.4 is 4.72 Å². The molecule has 0 saturated heterocycles. The highest BCUT2D eigenvalue weighted by atomic mass is 32.2. The number of nitrogens with zero attached hydrogens (tertiary/aromatic N) is 1. The SMILES string of the molecule is CCCCCNS(=O)(=O)c1ccc(F)c(C#N)c1. The monoisotopic (exact) mass is 270 g/mol. The Morgan fingerprint density at radius 2 is 2.11 bits per heavy atom. The zero-order chi connectivity index (χ0) is 13.6. The summed E-state index contributed by atoms with van der Waals surface area (Å²) in [5.74, 6) is -0.720. The summed E-state index contributed by atoms with van der Waals surface area (Å²) in [6.07, 6.45) is 2.69. The van der Waals surface area contributed by atoms with Gasteiger partial charge in [-0.2, -0.15) is 5.26 Å². The van der Waals surface area contributed by atoms with Crippen molar-refractivity contribution >= 4 is 10.0 Å². The van der Waals surface area contributed by atoms with Crippen LogP contribution in [0.5, 0.6) is 0 Å². The van der Waals surface area contributed by atoms with Gasteiger partial charge in [0.1, 0.15) is 11.9 Å². The molecule has 98 valence electrons. The van der Waals surface area contributed by atoms with Crippen LogP contribution in [0.4, 0.5) is 4.39 Å². The second-order valence-corrected chi connectivity index (χ2v) is 5.63. The van der Waals surface area contributed by atoms with Gasteiger partial charge in [-0.1, -0.05) is 19.8 Å². The fourth-order valence-corrected chi connectivity index (χ4v) is 2.52. The van der Waals surface area contributed by atoms with Crippen LogP contribution in [0.1, 0.15) is 31.7 Å². The molecule has 0 fully saturated rings. The summed E-state index contributed by atoms with van der Waals surface area (Å²) in [5.41, 5.74) is -0.272. The number of nitriles is 1. The molecule has 0 atom stereocenters. The lowest BCUT2D eigenvalue weighted by atomic mass is 10.2. The van der Waals surface area contributed by atoms with E-state index in [0.717, 1.165) is 37.5 Å². The average molecular weight is 270 g/mol. The summed E-state index contributed by atoms with van der Waals surface area (Å²) in [7, 11) is -3.66. The maximum atomic E-state index is 13.1. The molecule has 0 aliphatic rings. The van der Waals surface area contributed by atoms with E-state index < -0.39 is 15.8 Å². The first-order valence-corrected chi connectivity index (χ1v) is 7.19. The summed E-state index contributed by atoms with van der Waals surface area (Å²) in [6, 6.07) is 4.79. The van der Waals surface area contributed by atoms with Crippen molar-refractivity contribution in [2.75, 3.05) is 6.54 Å². The minimum atomic E-state index is -3.66. The van der Waals surface area contributed by atoms with Crippen molar-refractivity contribution in [2.24, 2.45) is 0 Å². The third-order valence-corrected chi connectivity index (χ3v) is 3.90. The van der Waals surface area contributed by atoms with E-state index in [-0.39, 0.29) is 10.5 Å². The van der Waals surface area contributed by atoms with Crippen LogP contribution in [-0.2, 0) is 10.0 Å². The van der Waals surface area contributed by atoms with Gasteiger partial charge >= 0.3 is 0 Å². The average Bonchev–Trinajstić information content (AvgIpc) is 2.35. The van der Waals surface area contributed by atoms with E-state index in [0.29, 0.717) is 6.54 Å². The quantitative estimate of drug-likeness (QED) is 0.805. The van der Waals surface area contributed by atoms with Crippen molar-refractivity contribution < 1.29 is 12.8 Å². The van der Waals surface area contributed by atoms with Gasteiger partial charge in [0.2, 0.25) is 10.0 Å². The van der Waals surface area contributed by atoms with Crippen LogP contribution in [0.2, 0.25) is 0 Å². The summed E-state index contributed by atoms with van der Waals surface area (Å²) < 4.78 is 39.2. The largest absolute Gasteiger partial charge is 0.240 e. The number of nitrogens with one attached hydrogen (secondary N) is 1. The van der Waals surface area contributed by atoms with Gasteiger partial charge in [-0.05, 0) is 24.6 Å². The van der Waals surface area contributed by atoms with Crippen molar-refractivity contribution in [1.82, 2.24) is 4.72 Å². The Balaban J connectivity index is 2.83. The van der Waals surface area contributed by atoms with Crippen molar-refractivity contribution in [2.45, 2.75) is 31.1 Å². The maximum Gasteiger partial charge on any atom is 0.240 e. The first-order chi connectivity index (χ1) is 8.51. The number of halogens is 1. The Bertz CT molecular complexity index is 550.